The van der Waals surface area contributed by atoms with Crippen LogP contribution in [0.5, 0.6) is 0 Å². The number of nitrogens with zero attached hydrogens (tertiary/aromatic N) is 4. The topological polar surface area (TPSA) is 43.6 Å². The molecule has 0 aromatic carbocycles. The molecule has 13 heavy (non-hydrogen) atoms. The summed E-state index contributed by atoms with van der Waals surface area (Å²) >= 11 is 3.06. The molecule has 0 aliphatic rings. The number of rotatable bonds is 1. The number of halogens is 2. The summed E-state index contributed by atoms with van der Waals surface area (Å²) < 4.78 is 14.7. The summed E-state index contributed by atoms with van der Waals surface area (Å²) in [6.07, 6.45) is 3.78. The summed E-state index contributed by atoms with van der Waals surface area (Å²) in [6, 6.07) is 1.59. The summed E-state index contributed by atoms with van der Waals surface area (Å²) in [6.45, 7) is 0. The van der Waals surface area contributed by atoms with Crippen LogP contribution in [0.1, 0.15) is 0 Å². The van der Waals surface area contributed by atoms with Crippen molar-refractivity contribution >= 4 is 15.9 Å². The van der Waals surface area contributed by atoms with Crippen LogP contribution >= 0.6 is 15.9 Å². The molecule has 0 amide bonds. The first-order chi connectivity index (χ1) is 6.27. The van der Waals surface area contributed by atoms with E-state index in [1.54, 1.807) is 6.07 Å². The number of aromatic nitrogens is 4. The fourth-order valence-electron chi connectivity index (χ4n) is 0.918. The van der Waals surface area contributed by atoms with Gasteiger partial charge < -0.3 is 0 Å². The van der Waals surface area contributed by atoms with Crippen molar-refractivity contribution < 1.29 is 4.39 Å². The summed E-state index contributed by atoms with van der Waals surface area (Å²) in [7, 11) is 0. The van der Waals surface area contributed by atoms with Crippen molar-refractivity contribution in [1.82, 2.24) is 19.5 Å². The molecule has 0 fully saturated rings. The van der Waals surface area contributed by atoms with Crippen LogP contribution in [0.15, 0.2) is 29.4 Å². The molecule has 0 N–H and O–H groups in total. The second-order valence-corrected chi connectivity index (χ2v) is 3.08. The third-order valence-electron chi connectivity index (χ3n) is 1.45. The van der Waals surface area contributed by atoms with Gasteiger partial charge >= 0.3 is 0 Å². The quantitative estimate of drug-likeness (QED) is 0.763. The first kappa shape index (κ1) is 8.31. The van der Waals surface area contributed by atoms with E-state index >= 15 is 0 Å². The molecule has 0 saturated carbocycles. The van der Waals surface area contributed by atoms with Crippen molar-refractivity contribution in [2.45, 2.75) is 0 Å². The molecule has 4 nitrogen and oxygen atoms in total. The molecule has 2 aromatic heterocycles. The van der Waals surface area contributed by atoms with Crippen LogP contribution in [0, 0.1) is 6.08 Å². The van der Waals surface area contributed by atoms with Crippen molar-refractivity contribution in [3.8, 4) is 5.82 Å². The second kappa shape index (κ2) is 3.21. The molecule has 0 radical (unpaired) electrons. The molecule has 2 rings (SSSR count). The van der Waals surface area contributed by atoms with Crippen LogP contribution in [0.3, 0.4) is 0 Å². The summed E-state index contributed by atoms with van der Waals surface area (Å²) in [5, 5.41) is 0. The Hall–Kier alpha value is -1.30. The van der Waals surface area contributed by atoms with E-state index in [1.807, 2.05) is 0 Å². The highest BCUT2D eigenvalue weighted by Gasteiger charge is 2.07. The predicted octanol–water partition coefficient (Wildman–Crippen LogP) is 1.56. The van der Waals surface area contributed by atoms with Gasteiger partial charge in [-0.3, -0.25) is 4.57 Å². The molecule has 2 aromatic rings. The Morgan fingerprint density at radius 2 is 2.31 bits per heavy atom. The standard InChI is InChI=1S/C7H4BrFN4/c8-5-3-13(7(9)12-5)6-1-2-10-4-11-6/h1-4H. The normalized spacial score (nSPS) is 10.3. The Morgan fingerprint density at radius 1 is 1.46 bits per heavy atom. The summed E-state index contributed by atoms with van der Waals surface area (Å²) in [4.78, 5) is 11.1. The Morgan fingerprint density at radius 3 is 2.85 bits per heavy atom. The van der Waals surface area contributed by atoms with E-state index in [-0.39, 0.29) is 0 Å². The Kier molecular flexibility index (Phi) is 2.05. The van der Waals surface area contributed by atoms with E-state index in [0.29, 0.717) is 10.4 Å². The molecular weight excluding hydrogens is 239 g/mol. The average molecular weight is 243 g/mol. The molecule has 0 bridgehead atoms. The van der Waals surface area contributed by atoms with Crippen LogP contribution in [-0.2, 0) is 0 Å². The number of imidazole rings is 1. The van der Waals surface area contributed by atoms with Gasteiger partial charge in [-0.15, -0.1) is 0 Å². The van der Waals surface area contributed by atoms with E-state index in [1.165, 1.54) is 23.3 Å². The van der Waals surface area contributed by atoms with Crippen LogP contribution in [-0.4, -0.2) is 19.5 Å². The largest absolute Gasteiger partial charge is 0.296 e. The third-order valence-corrected chi connectivity index (χ3v) is 1.83. The zero-order valence-corrected chi connectivity index (χ0v) is 7.94. The lowest BCUT2D eigenvalue weighted by molar-refractivity contribution is 0.519. The van der Waals surface area contributed by atoms with E-state index in [2.05, 4.69) is 30.9 Å². The van der Waals surface area contributed by atoms with Gasteiger partial charge in [0.15, 0.2) is 0 Å². The van der Waals surface area contributed by atoms with Crippen LogP contribution < -0.4 is 0 Å². The van der Waals surface area contributed by atoms with Gasteiger partial charge in [0.1, 0.15) is 16.7 Å². The van der Waals surface area contributed by atoms with Crippen molar-refractivity contribution in [2.75, 3.05) is 0 Å². The van der Waals surface area contributed by atoms with Gasteiger partial charge in [0.25, 0.3) is 6.08 Å². The van der Waals surface area contributed by atoms with Gasteiger partial charge in [-0.05, 0) is 22.0 Å². The van der Waals surface area contributed by atoms with Crippen molar-refractivity contribution in [3.05, 3.63) is 35.5 Å². The van der Waals surface area contributed by atoms with Gasteiger partial charge in [-0.2, -0.15) is 9.37 Å². The van der Waals surface area contributed by atoms with Gasteiger partial charge in [-0.25, -0.2) is 9.97 Å². The minimum atomic E-state index is -0.606. The Balaban J connectivity index is 2.53. The smallest absolute Gasteiger partial charge is 0.259 e. The Bertz CT molecular complexity index is 414. The predicted molar refractivity (Wildman–Crippen MR) is 46.8 cm³/mol. The average Bonchev–Trinajstić information content (AvgIpc) is 2.47. The molecule has 66 valence electrons. The van der Waals surface area contributed by atoms with Crippen LogP contribution in [0.4, 0.5) is 4.39 Å². The van der Waals surface area contributed by atoms with Crippen molar-refractivity contribution in [2.24, 2.45) is 0 Å². The highest BCUT2D eigenvalue weighted by Crippen LogP contribution is 2.12. The van der Waals surface area contributed by atoms with Gasteiger partial charge in [0, 0.05) is 12.4 Å². The monoisotopic (exact) mass is 242 g/mol. The maximum absolute atomic E-state index is 13.1. The number of hydrogen-bond donors (Lipinski definition) is 0. The molecule has 0 unspecified atom stereocenters. The molecule has 0 aliphatic carbocycles. The SMILES string of the molecule is Fc1nc(Br)cn1-c1ccncn1. The van der Waals surface area contributed by atoms with E-state index < -0.39 is 6.08 Å². The molecule has 0 saturated heterocycles. The minimum Gasteiger partial charge on any atom is -0.259 e. The fraction of sp³-hybridized carbons (Fsp3) is 0. The molecule has 0 aliphatic heterocycles. The zero-order valence-electron chi connectivity index (χ0n) is 6.35. The molecule has 6 heteroatoms. The summed E-state index contributed by atoms with van der Waals surface area (Å²) in [5.41, 5.74) is 0. The first-order valence-electron chi connectivity index (χ1n) is 3.44. The number of hydrogen-bond acceptors (Lipinski definition) is 3. The van der Waals surface area contributed by atoms with Gasteiger partial charge in [0.2, 0.25) is 0 Å². The van der Waals surface area contributed by atoms with Crippen molar-refractivity contribution in [1.29, 1.82) is 0 Å². The maximum Gasteiger partial charge on any atom is 0.296 e. The third kappa shape index (κ3) is 1.57. The molecule has 0 atom stereocenters. The second-order valence-electron chi connectivity index (χ2n) is 2.27. The first-order valence-corrected chi connectivity index (χ1v) is 4.23. The van der Waals surface area contributed by atoms with Crippen LogP contribution in [0.2, 0.25) is 0 Å². The zero-order chi connectivity index (χ0) is 9.26. The van der Waals surface area contributed by atoms with E-state index in [0.717, 1.165) is 0 Å². The highest BCUT2D eigenvalue weighted by molar-refractivity contribution is 9.10. The Labute approximate surface area is 81.6 Å². The molecular formula is C7H4BrFN4. The lowest BCUT2D eigenvalue weighted by atomic mass is 10.6. The molecule has 2 heterocycles. The van der Waals surface area contributed by atoms with E-state index in [4.69, 9.17) is 0 Å². The lowest BCUT2D eigenvalue weighted by Gasteiger charge is -1.98. The van der Waals surface area contributed by atoms with Crippen molar-refractivity contribution in [3.63, 3.8) is 0 Å². The summed E-state index contributed by atoms with van der Waals surface area (Å²) in [5.74, 6) is 0.450. The minimum absolute atomic E-state index is 0.434. The van der Waals surface area contributed by atoms with E-state index in [9.17, 15) is 4.39 Å². The van der Waals surface area contributed by atoms with Gasteiger partial charge in [-0.1, -0.05) is 0 Å². The fourth-order valence-corrected chi connectivity index (χ4v) is 1.27. The lowest BCUT2D eigenvalue weighted by Crippen LogP contribution is -1.98. The molecule has 0 spiro atoms. The highest BCUT2D eigenvalue weighted by atomic mass is 79.9. The maximum atomic E-state index is 13.1. The van der Waals surface area contributed by atoms with Gasteiger partial charge in [0.05, 0.1) is 0 Å². The van der Waals surface area contributed by atoms with Crippen LogP contribution in [0.25, 0.3) is 5.82 Å².